The highest BCUT2D eigenvalue weighted by Gasteiger charge is 2.20. The molecule has 0 unspecified atom stereocenters. The molecule has 176 valence electrons. The first kappa shape index (κ1) is 22.7. The van der Waals surface area contributed by atoms with Crippen molar-refractivity contribution in [2.45, 2.75) is 0 Å². The third kappa shape index (κ3) is 5.69. The number of rotatable bonds is 9. The van der Waals surface area contributed by atoms with Gasteiger partial charge in [-0.15, -0.1) is 5.11 Å². The molecule has 0 aromatic heterocycles. The summed E-state index contributed by atoms with van der Waals surface area (Å²) >= 11 is 0. The van der Waals surface area contributed by atoms with Crippen molar-refractivity contribution in [2.24, 2.45) is 20.4 Å². The Morgan fingerprint density at radius 1 is 0.528 bits per heavy atom. The molecule has 8 nitrogen and oxygen atoms in total. The van der Waals surface area contributed by atoms with E-state index in [0.717, 1.165) is 22.7 Å². The molecule has 36 heavy (non-hydrogen) atoms. The molecule has 5 N–H and O–H groups in total. The van der Waals surface area contributed by atoms with Crippen molar-refractivity contribution in [2.75, 3.05) is 16.3 Å². The Morgan fingerprint density at radius 3 is 1.78 bits per heavy atom. The maximum absolute atomic E-state index is 4.73. The molecule has 0 aliphatic heterocycles. The van der Waals surface area contributed by atoms with E-state index in [9.17, 15) is 0 Å². The molecule has 0 atom stereocenters. The van der Waals surface area contributed by atoms with Gasteiger partial charge in [0.2, 0.25) is 0 Å². The van der Waals surface area contributed by atoms with E-state index in [4.69, 9.17) is 5.10 Å². The van der Waals surface area contributed by atoms with Crippen LogP contribution in [0.5, 0.6) is 0 Å². The molecule has 0 saturated heterocycles. The number of para-hydroxylation sites is 2. The summed E-state index contributed by atoms with van der Waals surface area (Å²) in [4.78, 5) is 0. The van der Waals surface area contributed by atoms with Gasteiger partial charge in [-0.25, -0.2) is 0 Å². The van der Waals surface area contributed by atoms with Crippen molar-refractivity contribution in [3.8, 4) is 0 Å². The zero-order valence-electron chi connectivity index (χ0n) is 19.4. The summed E-state index contributed by atoms with van der Waals surface area (Å²) < 4.78 is 0. The average molecular weight is 474 g/mol. The lowest BCUT2D eigenvalue weighted by molar-refractivity contribution is -0.582. The van der Waals surface area contributed by atoms with Gasteiger partial charge in [0.1, 0.15) is 16.7 Å². The van der Waals surface area contributed by atoms with Crippen molar-refractivity contribution < 1.29 is 5.43 Å². The van der Waals surface area contributed by atoms with E-state index >= 15 is 0 Å². The maximum Gasteiger partial charge on any atom is 0.178 e. The van der Waals surface area contributed by atoms with Crippen LogP contribution in [-0.4, -0.2) is 0 Å². The SMILES string of the molecule is c1ccc(N=Nc2c(NNc3ccccc3)c(=NNc3ccccc3)/c2=N/[NH2+]c2ccccc2)cc1. The topological polar surface area (TPSA) is 102 Å². The average Bonchev–Trinajstić information content (AvgIpc) is 2.94. The molecule has 0 radical (unpaired) electrons. The molecule has 0 heterocycles. The Balaban J connectivity index is 1.55. The van der Waals surface area contributed by atoms with Crippen LogP contribution >= 0.6 is 0 Å². The first-order valence-electron chi connectivity index (χ1n) is 11.5. The number of quaternary nitrogens is 1. The highest BCUT2D eigenvalue weighted by molar-refractivity contribution is 5.72. The summed E-state index contributed by atoms with van der Waals surface area (Å²) in [5, 5.41) is 19.6. The quantitative estimate of drug-likeness (QED) is 0.104. The molecule has 0 amide bonds. The first-order chi connectivity index (χ1) is 17.9. The second-order valence-corrected chi connectivity index (χ2v) is 7.83. The Kier molecular flexibility index (Phi) is 7.17. The molecule has 0 aliphatic carbocycles. The molecule has 0 aliphatic rings. The van der Waals surface area contributed by atoms with Gasteiger partial charge in [0.15, 0.2) is 11.0 Å². The minimum atomic E-state index is 0.600. The molecule has 0 saturated carbocycles. The number of hydrogen-bond donors (Lipinski definition) is 4. The van der Waals surface area contributed by atoms with Crippen molar-refractivity contribution >= 4 is 34.1 Å². The van der Waals surface area contributed by atoms with Crippen molar-refractivity contribution in [1.29, 1.82) is 0 Å². The van der Waals surface area contributed by atoms with E-state index in [1.165, 1.54) is 0 Å². The first-order valence-corrected chi connectivity index (χ1v) is 11.5. The number of hydrogen-bond acceptors (Lipinski definition) is 7. The second-order valence-electron chi connectivity index (χ2n) is 7.83. The number of nitrogens with zero attached hydrogens (tertiary/aromatic N) is 4. The zero-order valence-corrected chi connectivity index (χ0v) is 19.4. The third-order valence-electron chi connectivity index (χ3n) is 5.26. The van der Waals surface area contributed by atoms with Gasteiger partial charge in [-0.2, -0.15) is 15.6 Å². The van der Waals surface area contributed by atoms with Crippen LogP contribution in [0.4, 0.5) is 34.1 Å². The van der Waals surface area contributed by atoms with Crippen LogP contribution in [0.1, 0.15) is 0 Å². The summed E-state index contributed by atoms with van der Waals surface area (Å²) in [5.41, 5.74) is 16.2. The second kappa shape index (κ2) is 11.4. The molecule has 0 fully saturated rings. The van der Waals surface area contributed by atoms with E-state index < -0.39 is 0 Å². The lowest BCUT2D eigenvalue weighted by Crippen LogP contribution is -2.73. The Hall–Kier alpha value is -5.08. The van der Waals surface area contributed by atoms with Gasteiger partial charge < -0.3 is 5.43 Å². The van der Waals surface area contributed by atoms with Gasteiger partial charge in [0, 0.05) is 12.1 Å². The number of anilines is 3. The Labute approximate surface area is 208 Å². The summed E-state index contributed by atoms with van der Waals surface area (Å²) in [6, 6.07) is 39.1. The summed E-state index contributed by atoms with van der Waals surface area (Å²) in [5.74, 6) is 0. The van der Waals surface area contributed by atoms with E-state index in [1.54, 1.807) is 5.43 Å². The highest BCUT2D eigenvalue weighted by Crippen LogP contribution is 2.23. The number of nitrogens with two attached hydrogens (primary N) is 1. The number of benzene rings is 4. The highest BCUT2D eigenvalue weighted by atomic mass is 15.4. The number of azo groups is 1. The van der Waals surface area contributed by atoms with Gasteiger partial charge in [0.05, 0.1) is 17.1 Å². The normalized spacial score (nSPS) is 12.2. The number of nitrogens with one attached hydrogen (secondary N) is 3. The Bertz CT molecular complexity index is 1510. The minimum Gasteiger partial charge on any atom is -0.301 e. The zero-order chi connectivity index (χ0) is 24.4. The third-order valence-corrected chi connectivity index (χ3v) is 5.26. The van der Waals surface area contributed by atoms with Crippen LogP contribution in [0.15, 0.2) is 142 Å². The van der Waals surface area contributed by atoms with E-state index in [2.05, 4.69) is 31.6 Å². The van der Waals surface area contributed by atoms with Gasteiger partial charge in [-0.3, -0.25) is 10.9 Å². The fraction of sp³-hybridized carbons (Fsp3) is 0. The Morgan fingerprint density at radius 2 is 1.11 bits per heavy atom. The molecule has 0 spiro atoms. The van der Waals surface area contributed by atoms with Gasteiger partial charge >= 0.3 is 0 Å². The fourth-order valence-corrected chi connectivity index (χ4v) is 3.42. The lowest BCUT2D eigenvalue weighted by Gasteiger charge is -2.15. The summed E-state index contributed by atoms with van der Waals surface area (Å²) in [6.45, 7) is 0. The summed E-state index contributed by atoms with van der Waals surface area (Å²) in [7, 11) is 0. The van der Waals surface area contributed by atoms with Crippen LogP contribution in [-0.2, 0) is 0 Å². The van der Waals surface area contributed by atoms with Crippen LogP contribution in [0.3, 0.4) is 0 Å². The molecule has 5 aromatic carbocycles. The lowest BCUT2D eigenvalue weighted by atomic mass is 10.2. The molecule has 5 rings (SSSR count). The van der Waals surface area contributed by atoms with Crippen molar-refractivity contribution in [1.82, 2.24) is 0 Å². The molecular weight excluding hydrogens is 448 g/mol. The molecular formula is C28H25N8+. The monoisotopic (exact) mass is 473 g/mol. The smallest absolute Gasteiger partial charge is 0.178 e. The van der Waals surface area contributed by atoms with Crippen LogP contribution in [0, 0.1) is 0 Å². The minimum absolute atomic E-state index is 0.600. The van der Waals surface area contributed by atoms with Crippen LogP contribution < -0.4 is 32.4 Å². The summed E-state index contributed by atoms with van der Waals surface area (Å²) in [6.07, 6.45) is 0. The predicted octanol–water partition coefficient (Wildman–Crippen LogP) is 5.06. The van der Waals surface area contributed by atoms with Gasteiger partial charge in [-0.1, -0.05) is 77.9 Å². The van der Waals surface area contributed by atoms with E-state index in [-0.39, 0.29) is 0 Å². The van der Waals surface area contributed by atoms with E-state index in [1.807, 2.05) is 121 Å². The van der Waals surface area contributed by atoms with Crippen LogP contribution in [0.25, 0.3) is 0 Å². The maximum atomic E-state index is 4.73. The molecule has 5 aromatic rings. The van der Waals surface area contributed by atoms with Crippen molar-refractivity contribution in [3.63, 3.8) is 0 Å². The van der Waals surface area contributed by atoms with Crippen molar-refractivity contribution in [3.05, 3.63) is 132 Å². The van der Waals surface area contributed by atoms with Gasteiger partial charge in [-0.05, 0) is 36.4 Å². The van der Waals surface area contributed by atoms with Gasteiger partial charge in [0.25, 0.3) is 0 Å². The van der Waals surface area contributed by atoms with E-state index in [0.29, 0.717) is 22.1 Å². The predicted molar refractivity (Wildman–Crippen MR) is 142 cm³/mol. The number of hydrazine groups is 1. The largest absolute Gasteiger partial charge is 0.301 e. The molecule has 0 bridgehead atoms. The fourth-order valence-electron chi connectivity index (χ4n) is 3.42. The molecule has 8 heteroatoms. The standard InChI is InChI=1S/C28H24N8/c1-5-13-21(14-6-1)29-33-25-26(34-30-22-15-7-2-8-16-22)28(36-32-24-19-11-4-12-20-24)27(25)35-31-23-17-9-3-10-18-23/h1-20,29-31,34H/p+1/b33-25?,35-27-,36-32?. The van der Waals surface area contributed by atoms with Crippen LogP contribution in [0.2, 0.25) is 0 Å².